The Morgan fingerprint density at radius 3 is 2.23 bits per heavy atom. The second-order valence-electron chi connectivity index (χ2n) is 9.39. The Balaban J connectivity index is 1.71. The molecule has 0 spiro atoms. The molecular weight excluding hydrogens is 382 g/mol. The van der Waals surface area contributed by atoms with Crippen LogP contribution in [0.3, 0.4) is 0 Å². The number of ether oxygens (including phenoxy) is 1. The van der Waals surface area contributed by atoms with Gasteiger partial charge in [0.25, 0.3) is 0 Å². The zero-order chi connectivity index (χ0) is 21.8. The molecule has 4 rings (SSSR count). The van der Waals surface area contributed by atoms with Crippen molar-refractivity contribution in [1.29, 1.82) is 0 Å². The highest BCUT2D eigenvalue weighted by Gasteiger charge is 2.39. The minimum atomic E-state index is -0.520. The fourth-order valence-electron chi connectivity index (χ4n) is 4.74. The van der Waals surface area contributed by atoms with Crippen LogP contribution in [0.4, 0.5) is 4.79 Å². The number of benzene rings is 3. The molecule has 3 heteroatoms. The molecule has 0 saturated carbocycles. The van der Waals surface area contributed by atoms with Gasteiger partial charge in [-0.05, 0) is 61.8 Å². The van der Waals surface area contributed by atoms with Crippen molar-refractivity contribution in [2.45, 2.75) is 57.1 Å². The Kier molecular flexibility index (Phi) is 6.13. The van der Waals surface area contributed by atoms with Crippen molar-refractivity contribution in [2.75, 3.05) is 0 Å². The summed E-state index contributed by atoms with van der Waals surface area (Å²) in [6.45, 7) is 5.70. The van der Waals surface area contributed by atoms with E-state index in [2.05, 4.69) is 90.2 Å². The van der Waals surface area contributed by atoms with Crippen LogP contribution < -0.4 is 5.32 Å². The molecule has 3 aromatic carbocycles. The molecule has 0 aromatic heterocycles. The van der Waals surface area contributed by atoms with Crippen molar-refractivity contribution in [2.24, 2.45) is 0 Å². The summed E-state index contributed by atoms with van der Waals surface area (Å²) in [5, 5.41) is 3.21. The number of carbonyl (C=O) groups excluding carboxylic acids is 1. The average Bonchev–Trinajstić information content (AvgIpc) is 3.09. The predicted octanol–water partition coefficient (Wildman–Crippen LogP) is 6.25. The summed E-state index contributed by atoms with van der Waals surface area (Å²) >= 11 is 0. The molecular formula is C28H31NO2. The van der Waals surface area contributed by atoms with Gasteiger partial charge in [-0.1, -0.05) is 84.9 Å². The normalized spacial score (nSPS) is 18.8. The maximum Gasteiger partial charge on any atom is 0.407 e. The number of rotatable bonds is 5. The van der Waals surface area contributed by atoms with Crippen LogP contribution in [0.1, 0.15) is 54.9 Å². The van der Waals surface area contributed by atoms with E-state index >= 15 is 0 Å². The van der Waals surface area contributed by atoms with Gasteiger partial charge in [0.2, 0.25) is 0 Å². The summed E-state index contributed by atoms with van der Waals surface area (Å²) in [6.07, 6.45) is 1.39. The molecule has 31 heavy (non-hydrogen) atoms. The van der Waals surface area contributed by atoms with Gasteiger partial charge in [-0.3, -0.25) is 0 Å². The summed E-state index contributed by atoms with van der Waals surface area (Å²) < 4.78 is 5.60. The third-order valence-electron chi connectivity index (χ3n) is 5.95. The number of alkyl carbamates (subject to hydrolysis) is 1. The van der Waals surface area contributed by atoms with E-state index in [1.54, 1.807) is 0 Å². The van der Waals surface area contributed by atoms with Crippen LogP contribution in [-0.2, 0) is 17.6 Å². The van der Waals surface area contributed by atoms with E-state index in [4.69, 9.17) is 4.74 Å². The minimum absolute atomic E-state index is 0.0128. The van der Waals surface area contributed by atoms with Crippen molar-refractivity contribution in [1.82, 2.24) is 5.32 Å². The quantitative estimate of drug-likeness (QED) is 0.537. The summed E-state index contributed by atoms with van der Waals surface area (Å²) in [5.41, 5.74) is 4.71. The van der Waals surface area contributed by atoms with E-state index in [1.165, 1.54) is 22.3 Å². The Hall–Kier alpha value is -3.07. The molecule has 3 atom stereocenters. The fourth-order valence-corrected chi connectivity index (χ4v) is 4.74. The molecule has 1 amide bonds. The van der Waals surface area contributed by atoms with Gasteiger partial charge < -0.3 is 10.1 Å². The van der Waals surface area contributed by atoms with Gasteiger partial charge in [0.05, 0.1) is 0 Å². The van der Waals surface area contributed by atoms with Crippen LogP contribution in [0.5, 0.6) is 0 Å². The molecule has 1 aliphatic rings. The first-order valence-corrected chi connectivity index (χ1v) is 11.1. The first kappa shape index (κ1) is 21.2. The van der Waals surface area contributed by atoms with Crippen molar-refractivity contribution >= 4 is 6.09 Å². The van der Waals surface area contributed by atoms with Gasteiger partial charge >= 0.3 is 6.09 Å². The Bertz CT molecular complexity index is 1010. The molecule has 0 heterocycles. The van der Waals surface area contributed by atoms with Crippen LogP contribution in [0, 0.1) is 0 Å². The standard InChI is InChI=1S/C28H31NO2/c1-28(2,3)31-27(30)29-25-19-22-16-10-11-17-23(22)26(25)24(21-14-8-5-9-15-21)18-20-12-6-4-7-13-20/h4-17,24-26H,18-19H2,1-3H3,(H,29,30). The molecule has 0 fully saturated rings. The van der Waals surface area contributed by atoms with Crippen LogP contribution in [0.2, 0.25) is 0 Å². The minimum Gasteiger partial charge on any atom is -0.444 e. The lowest BCUT2D eigenvalue weighted by molar-refractivity contribution is 0.0497. The molecule has 0 radical (unpaired) electrons. The molecule has 3 unspecified atom stereocenters. The van der Waals surface area contributed by atoms with Crippen molar-refractivity contribution in [3.8, 4) is 0 Å². The Morgan fingerprint density at radius 2 is 1.55 bits per heavy atom. The molecule has 0 saturated heterocycles. The zero-order valence-corrected chi connectivity index (χ0v) is 18.5. The fraction of sp³-hybridized carbons (Fsp3) is 0.321. The van der Waals surface area contributed by atoms with Gasteiger partial charge in [0, 0.05) is 12.0 Å². The van der Waals surface area contributed by atoms with Gasteiger partial charge in [-0.25, -0.2) is 4.79 Å². The number of hydrogen-bond acceptors (Lipinski definition) is 2. The molecule has 3 aromatic rings. The van der Waals surface area contributed by atoms with E-state index in [0.29, 0.717) is 0 Å². The molecule has 1 aliphatic carbocycles. The van der Waals surface area contributed by atoms with Crippen LogP contribution in [0.15, 0.2) is 84.9 Å². The van der Waals surface area contributed by atoms with Gasteiger partial charge in [0.1, 0.15) is 5.60 Å². The molecule has 0 aliphatic heterocycles. The van der Waals surface area contributed by atoms with E-state index < -0.39 is 5.60 Å². The Labute approximate surface area is 185 Å². The van der Waals surface area contributed by atoms with Crippen LogP contribution in [-0.4, -0.2) is 17.7 Å². The third-order valence-corrected chi connectivity index (χ3v) is 5.95. The third kappa shape index (κ3) is 5.16. The second kappa shape index (κ2) is 8.97. The van der Waals surface area contributed by atoms with Crippen LogP contribution >= 0.6 is 0 Å². The highest BCUT2D eigenvalue weighted by molar-refractivity contribution is 5.69. The molecule has 160 valence electrons. The van der Waals surface area contributed by atoms with Gasteiger partial charge in [-0.2, -0.15) is 0 Å². The Morgan fingerprint density at radius 1 is 0.935 bits per heavy atom. The van der Waals surface area contributed by atoms with Crippen LogP contribution in [0.25, 0.3) is 0 Å². The lowest BCUT2D eigenvalue weighted by Gasteiger charge is -2.31. The highest BCUT2D eigenvalue weighted by Crippen LogP contribution is 2.44. The first-order valence-electron chi connectivity index (χ1n) is 11.1. The van der Waals surface area contributed by atoms with Gasteiger partial charge in [-0.15, -0.1) is 0 Å². The second-order valence-corrected chi connectivity index (χ2v) is 9.39. The van der Waals surface area contributed by atoms with Gasteiger partial charge in [0.15, 0.2) is 0 Å². The van der Waals surface area contributed by atoms with E-state index in [1.807, 2.05) is 20.8 Å². The number of carbonyl (C=O) groups is 1. The zero-order valence-electron chi connectivity index (χ0n) is 18.5. The molecule has 1 N–H and O–H groups in total. The molecule has 3 nitrogen and oxygen atoms in total. The van der Waals surface area contributed by atoms with Crippen molar-refractivity contribution in [3.05, 3.63) is 107 Å². The highest BCUT2D eigenvalue weighted by atomic mass is 16.6. The SMILES string of the molecule is CC(C)(C)OC(=O)NC1Cc2ccccc2C1C(Cc1ccccc1)c1ccccc1. The summed E-state index contributed by atoms with van der Waals surface area (Å²) in [4.78, 5) is 12.7. The van der Waals surface area contributed by atoms with Crippen molar-refractivity contribution < 1.29 is 9.53 Å². The summed E-state index contributed by atoms with van der Waals surface area (Å²) in [7, 11) is 0. The topological polar surface area (TPSA) is 38.3 Å². The predicted molar refractivity (Wildman–Crippen MR) is 125 cm³/mol. The van der Waals surface area contributed by atoms with E-state index in [9.17, 15) is 4.79 Å². The smallest absolute Gasteiger partial charge is 0.407 e. The largest absolute Gasteiger partial charge is 0.444 e. The lowest BCUT2D eigenvalue weighted by atomic mass is 9.77. The molecule has 0 bridgehead atoms. The summed E-state index contributed by atoms with van der Waals surface area (Å²) in [5.74, 6) is 0.415. The number of hydrogen-bond donors (Lipinski definition) is 1. The number of nitrogens with one attached hydrogen (secondary N) is 1. The monoisotopic (exact) mass is 413 g/mol. The lowest BCUT2D eigenvalue weighted by Crippen LogP contribution is -2.42. The van der Waals surface area contributed by atoms with Crippen molar-refractivity contribution in [3.63, 3.8) is 0 Å². The van der Waals surface area contributed by atoms with E-state index in [0.717, 1.165) is 12.8 Å². The number of amides is 1. The first-order chi connectivity index (χ1) is 14.9. The maximum absolute atomic E-state index is 12.7. The average molecular weight is 414 g/mol. The number of fused-ring (bicyclic) bond motifs is 1. The summed E-state index contributed by atoms with van der Waals surface area (Å²) in [6, 6.07) is 29.9. The maximum atomic E-state index is 12.7. The van der Waals surface area contributed by atoms with E-state index in [-0.39, 0.29) is 24.0 Å².